The minimum atomic E-state index is -0.183. The summed E-state index contributed by atoms with van der Waals surface area (Å²) in [7, 11) is 0. The number of hydrogen-bond donors (Lipinski definition) is 1. The van der Waals surface area contributed by atoms with Crippen LogP contribution >= 0.6 is 0 Å². The van der Waals surface area contributed by atoms with E-state index in [4.69, 9.17) is 0 Å². The summed E-state index contributed by atoms with van der Waals surface area (Å²) in [6.45, 7) is 2.18. The van der Waals surface area contributed by atoms with Crippen molar-refractivity contribution >= 4 is 22.5 Å². The Labute approximate surface area is 163 Å². The Morgan fingerprint density at radius 2 is 1.64 bits per heavy atom. The number of benzene rings is 3. The van der Waals surface area contributed by atoms with Gasteiger partial charge in [-0.05, 0) is 54.3 Å². The molecule has 4 rings (SSSR count). The molecule has 0 saturated heterocycles. The van der Waals surface area contributed by atoms with Gasteiger partial charge >= 0.3 is 0 Å². The van der Waals surface area contributed by atoms with Gasteiger partial charge in [0.1, 0.15) is 0 Å². The molecule has 4 aromatic rings. The number of pyridine rings is 1. The second kappa shape index (κ2) is 7.53. The average molecular weight is 368 g/mol. The maximum Gasteiger partial charge on any atom is 0.258 e. The molecule has 4 heteroatoms. The smallest absolute Gasteiger partial charge is 0.258 e. The van der Waals surface area contributed by atoms with Crippen LogP contribution in [-0.2, 0) is 6.54 Å². The van der Waals surface area contributed by atoms with Crippen LogP contribution in [0.3, 0.4) is 0 Å². The van der Waals surface area contributed by atoms with Gasteiger partial charge in [-0.15, -0.1) is 0 Å². The molecule has 1 heterocycles. The highest BCUT2D eigenvalue weighted by Crippen LogP contribution is 2.21. The maximum absolute atomic E-state index is 13.2. The first-order valence-corrected chi connectivity index (χ1v) is 9.16. The Hall–Kier alpha value is -3.66. The number of aryl methyl sites for hydroxylation is 1. The molecule has 0 spiro atoms. The molecule has 1 aromatic heterocycles. The summed E-state index contributed by atoms with van der Waals surface area (Å²) in [5, 5.41) is 0.938. The van der Waals surface area contributed by atoms with Crippen molar-refractivity contribution in [2.75, 3.05) is 4.90 Å². The van der Waals surface area contributed by atoms with E-state index in [1.54, 1.807) is 17.0 Å². The quantitative estimate of drug-likeness (QED) is 0.568. The van der Waals surface area contributed by atoms with Crippen LogP contribution in [0.2, 0.25) is 0 Å². The normalized spacial score (nSPS) is 10.8. The lowest BCUT2D eigenvalue weighted by molar-refractivity contribution is 0.0985. The van der Waals surface area contributed by atoms with E-state index in [0.29, 0.717) is 11.1 Å². The number of carbonyl (C=O) groups excluding carboxylic acids is 1. The molecule has 4 nitrogen and oxygen atoms in total. The standard InChI is InChI=1S/C24H20N2O2/c1-17-8-7-12-21(14-17)26(24(28)18-9-3-2-4-10-18)16-20-15-19-11-5-6-13-22(19)25-23(20)27/h2-15H,16H2,1H3,(H,25,27). The van der Waals surface area contributed by atoms with Crippen LogP contribution in [0.25, 0.3) is 10.9 Å². The van der Waals surface area contributed by atoms with Crippen molar-refractivity contribution in [3.63, 3.8) is 0 Å². The second-order valence-electron chi connectivity index (χ2n) is 6.81. The summed E-state index contributed by atoms with van der Waals surface area (Å²) in [5.74, 6) is -0.140. The van der Waals surface area contributed by atoms with Gasteiger partial charge in [0.2, 0.25) is 0 Å². The largest absolute Gasteiger partial charge is 0.322 e. The number of carbonyl (C=O) groups is 1. The molecule has 28 heavy (non-hydrogen) atoms. The Morgan fingerprint density at radius 1 is 0.893 bits per heavy atom. The van der Waals surface area contributed by atoms with E-state index in [-0.39, 0.29) is 18.0 Å². The molecule has 1 N–H and O–H groups in total. The number of H-pyrrole nitrogens is 1. The molecule has 1 amide bonds. The SMILES string of the molecule is Cc1cccc(N(Cc2cc3ccccc3[nH]c2=O)C(=O)c2ccccc2)c1. The van der Waals surface area contributed by atoms with E-state index in [2.05, 4.69) is 4.98 Å². The minimum Gasteiger partial charge on any atom is -0.322 e. The third kappa shape index (κ3) is 3.58. The number of nitrogens with one attached hydrogen (secondary N) is 1. The third-order valence-corrected chi connectivity index (χ3v) is 4.74. The zero-order valence-corrected chi connectivity index (χ0v) is 15.6. The van der Waals surface area contributed by atoms with Gasteiger partial charge in [-0.25, -0.2) is 0 Å². The molecular formula is C24H20N2O2. The Bertz CT molecular complexity index is 1200. The number of fused-ring (bicyclic) bond motifs is 1. The number of amides is 1. The lowest BCUT2D eigenvalue weighted by Crippen LogP contribution is -2.32. The van der Waals surface area contributed by atoms with E-state index >= 15 is 0 Å². The zero-order chi connectivity index (χ0) is 19.5. The van der Waals surface area contributed by atoms with Crippen molar-refractivity contribution in [2.24, 2.45) is 0 Å². The van der Waals surface area contributed by atoms with Gasteiger partial charge in [-0.2, -0.15) is 0 Å². The predicted molar refractivity (Wildman–Crippen MR) is 113 cm³/mol. The van der Waals surface area contributed by atoms with Gasteiger partial charge < -0.3 is 9.88 Å². The lowest BCUT2D eigenvalue weighted by Gasteiger charge is -2.23. The molecule has 3 aromatic carbocycles. The predicted octanol–water partition coefficient (Wildman–Crippen LogP) is 4.68. The number of aromatic amines is 1. The lowest BCUT2D eigenvalue weighted by atomic mass is 10.1. The van der Waals surface area contributed by atoms with E-state index < -0.39 is 0 Å². The average Bonchev–Trinajstić information content (AvgIpc) is 2.72. The molecule has 0 unspecified atom stereocenters. The summed E-state index contributed by atoms with van der Waals surface area (Å²) in [6, 6.07) is 26.4. The van der Waals surface area contributed by atoms with Crippen molar-refractivity contribution in [2.45, 2.75) is 13.5 Å². The molecule has 0 radical (unpaired) electrons. The van der Waals surface area contributed by atoms with Crippen molar-refractivity contribution < 1.29 is 4.79 Å². The van der Waals surface area contributed by atoms with Gasteiger partial charge in [-0.3, -0.25) is 9.59 Å². The Kier molecular flexibility index (Phi) is 4.77. The third-order valence-electron chi connectivity index (χ3n) is 4.74. The fourth-order valence-corrected chi connectivity index (χ4v) is 3.29. The number of nitrogens with zero attached hydrogens (tertiary/aromatic N) is 1. The van der Waals surface area contributed by atoms with E-state index in [1.165, 1.54) is 0 Å². The van der Waals surface area contributed by atoms with Crippen LogP contribution in [-0.4, -0.2) is 10.9 Å². The minimum absolute atomic E-state index is 0.140. The second-order valence-corrected chi connectivity index (χ2v) is 6.81. The van der Waals surface area contributed by atoms with Gasteiger partial charge in [0.05, 0.1) is 6.54 Å². The summed E-state index contributed by atoms with van der Waals surface area (Å²) < 4.78 is 0. The van der Waals surface area contributed by atoms with E-state index in [9.17, 15) is 9.59 Å². The first kappa shape index (κ1) is 17.7. The molecule has 0 atom stereocenters. The maximum atomic E-state index is 13.2. The molecule has 0 aliphatic carbocycles. The van der Waals surface area contributed by atoms with Crippen LogP contribution in [0.4, 0.5) is 5.69 Å². The van der Waals surface area contributed by atoms with Gasteiger partial charge in [0.25, 0.3) is 11.5 Å². The molecule has 0 bridgehead atoms. The van der Waals surface area contributed by atoms with Crippen LogP contribution in [0.5, 0.6) is 0 Å². The Balaban J connectivity index is 1.79. The fourth-order valence-electron chi connectivity index (χ4n) is 3.29. The van der Waals surface area contributed by atoms with Gasteiger partial charge in [0, 0.05) is 22.3 Å². The van der Waals surface area contributed by atoms with E-state index in [0.717, 1.165) is 22.2 Å². The topological polar surface area (TPSA) is 53.2 Å². The summed E-state index contributed by atoms with van der Waals surface area (Å²) in [4.78, 5) is 30.4. The van der Waals surface area contributed by atoms with Crippen LogP contribution in [0.15, 0.2) is 89.7 Å². The fraction of sp³-hybridized carbons (Fsp3) is 0.0833. The summed E-state index contributed by atoms with van der Waals surface area (Å²) >= 11 is 0. The van der Waals surface area contributed by atoms with Gasteiger partial charge in [-0.1, -0.05) is 48.5 Å². The van der Waals surface area contributed by atoms with Crippen molar-refractivity contribution in [1.29, 1.82) is 0 Å². The first-order chi connectivity index (χ1) is 13.6. The van der Waals surface area contributed by atoms with Crippen LogP contribution in [0, 0.1) is 6.92 Å². The Morgan fingerprint density at radius 3 is 2.43 bits per heavy atom. The molecule has 0 aliphatic rings. The molecule has 0 aliphatic heterocycles. The summed E-state index contributed by atoms with van der Waals surface area (Å²) in [6.07, 6.45) is 0. The highest BCUT2D eigenvalue weighted by Gasteiger charge is 2.19. The number of anilines is 1. The first-order valence-electron chi connectivity index (χ1n) is 9.16. The zero-order valence-electron chi connectivity index (χ0n) is 15.6. The van der Waals surface area contributed by atoms with Gasteiger partial charge in [0.15, 0.2) is 0 Å². The number of rotatable bonds is 4. The molecule has 138 valence electrons. The molecular weight excluding hydrogens is 348 g/mol. The van der Waals surface area contributed by atoms with E-state index in [1.807, 2.05) is 79.7 Å². The van der Waals surface area contributed by atoms with Crippen molar-refractivity contribution in [3.05, 3.63) is 112 Å². The molecule has 0 saturated carbocycles. The van der Waals surface area contributed by atoms with Crippen LogP contribution in [0.1, 0.15) is 21.5 Å². The van der Waals surface area contributed by atoms with Crippen molar-refractivity contribution in [1.82, 2.24) is 4.98 Å². The number of para-hydroxylation sites is 1. The number of hydrogen-bond acceptors (Lipinski definition) is 2. The summed E-state index contributed by atoms with van der Waals surface area (Å²) in [5.41, 5.74) is 3.55. The highest BCUT2D eigenvalue weighted by molar-refractivity contribution is 6.06. The number of aromatic nitrogens is 1. The monoisotopic (exact) mass is 368 g/mol. The van der Waals surface area contributed by atoms with Crippen molar-refractivity contribution in [3.8, 4) is 0 Å². The highest BCUT2D eigenvalue weighted by atomic mass is 16.2. The van der Waals surface area contributed by atoms with Crippen LogP contribution < -0.4 is 10.5 Å². The molecule has 0 fully saturated rings.